The predicted octanol–water partition coefficient (Wildman–Crippen LogP) is 3.49. The second-order valence-corrected chi connectivity index (χ2v) is 6.68. The Morgan fingerprint density at radius 1 is 1.50 bits per heavy atom. The first-order chi connectivity index (χ1) is 8.56. The topological polar surface area (TPSA) is 38.0 Å². The normalized spacial score (nSPS) is 14.5. The first-order valence-corrected chi connectivity index (χ1v) is 7.92. The highest BCUT2D eigenvalue weighted by atomic mass is 79.9. The van der Waals surface area contributed by atoms with Gasteiger partial charge in [0.15, 0.2) is 0 Å². The first-order valence-electron chi connectivity index (χ1n) is 6.08. The molecule has 0 bridgehead atoms. The number of halogens is 2. The average molecular weight is 335 g/mol. The summed E-state index contributed by atoms with van der Waals surface area (Å²) >= 11 is 5.33. The number of nitrogens with one attached hydrogen (secondary N) is 1. The van der Waals surface area contributed by atoms with E-state index in [-0.39, 0.29) is 11.9 Å². The Bertz CT molecular complexity index is 376. The molecule has 102 valence electrons. The third kappa shape index (κ3) is 5.26. The van der Waals surface area contributed by atoms with Gasteiger partial charge in [-0.3, -0.25) is 11.3 Å². The van der Waals surface area contributed by atoms with Crippen LogP contribution in [0, 0.1) is 5.82 Å². The van der Waals surface area contributed by atoms with Crippen molar-refractivity contribution in [2.45, 2.75) is 38.0 Å². The van der Waals surface area contributed by atoms with Crippen LogP contribution in [0.2, 0.25) is 0 Å². The first kappa shape index (κ1) is 16.0. The maximum absolute atomic E-state index is 13.2. The molecular formula is C13H20BrFN2S. The minimum atomic E-state index is -0.210. The quantitative estimate of drug-likeness (QED) is 0.592. The number of hydrazine groups is 1. The van der Waals surface area contributed by atoms with Crippen LogP contribution in [0.25, 0.3) is 0 Å². The van der Waals surface area contributed by atoms with E-state index in [4.69, 9.17) is 5.84 Å². The smallest absolute Gasteiger partial charge is 0.123 e. The molecule has 0 saturated carbocycles. The Balaban J connectivity index is 2.59. The Morgan fingerprint density at radius 3 is 2.83 bits per heavy atom. The molecule has 0 aliphatic carbocycles. The van der Waals surface area contributed by atoms with E-state index in [2.05, 4.69) is 35.2 Å². The third-order valence-electron chi connectivity index (χ3n) is 2.87. The molecule has 0 heterocycles. The summed E-state index contributed by atoms with van der Waals surface area (Å²) in [5.74, 6) is 6.28. The molecule has 3 N–H and O–H groups in total. The van der Waals surface area contributed by atoms with Crippen LogP contribution in [-0.2, 0) is 6.42 Å². The highest BCUT2D eigenvalue weighted by molar-refractivity contribution is 9.10. The van der Waals surface area contributed by atoms with Crippen LogP contribution in [0.15, 0.2) is 22.7 Å². The monoisotopic (exact) mass is 334 g/mol. The lowest BCUT2D eigenvalue weighted by Gasteiger charge is -2.18. The molecule has 1 aromatic carbocycles. The van der Waals surface area contributed by atoms with E-state index in [1.807, 2.05) is 11.8 Å². The number of hydrogen-bond donors (Lipinski definition) is 2. The summed E-state index contributed by atoms with van der Waals surface area (Å²) in [6.07, 6.45) is 1.86. The van der Waals surface area contributed by atoms with Crippen molar-refractivity contribution in [1.82, 2.24) is 5.43 Å². The van der Waals surface area contributed by atoms with Gasteiger partial charge in [-0.15, -0.1) is 0 Å². The van der Waals surface area contributed by atoms with Gasteiger partial charge in [0.1, 0.15) is 5.82 Å². The number of benzene rings is 1. The van der Waals surface area contributed by atoms with Crippen LogP contribution in [0.5, 0.6) is 0 Å². The molecule has 0 amide bonds. The van der Waals surface area contributed by atoms with Crippen molar-refractivity contribution in [3.05, 3.63) is 34.1 Å². The van der Waals surface area contributed by atoms with E-state index in [0.717, 1.165) is 28.6 Å². The predicted molar refractivity (Wildman–Crippen MR) is 81.1 cm³/mol. The molecule has 1 aromatic rings. The van der Waals surface area contributed by atoms with Crippen molar-refractivity contribution in [3.63, 3.8) is 0 Å². The van der Waals surface area contributed by atoms with Gasteiger partial charge < -0.3 is 0 Å². The fourth-order valence-electron chi connectivity index (χ4n) is 1.53. The van der Waals surface area contributed by atoms with Crippen molar-refractivity contribution in [1.29, 1.82) is 0 Å². The van der Waals surface area contributed by atoms with Crippen LogP contribution in [0.4, 0.5) is 4.39 Å². The van der Waals surface area contributed by atoms with Gasteiger partial charge in [-0.05, 0) is 36.6 Å². The maximum Gasteiger partial charge on any atom is 0.123 e. The Kier molecular flexibility index (Phi) is 7.22. The molecule has 0 aromatic heterocycles. The van der Waals surface area contributed by atoms with Gasteiger partial charge in [0.2, 0.25) is 0 Å². The second kappa shape index (κ2) is 8.15. The summed E-state index contributed by atoms with van der Waals surface area (Å²) < 4.78 is 14.1. The molecule has 18 heavy (non-hydrogen) atoms. The van der Waals surface area contributed by atoms with Gasteiger partial charge in [0.25, 0.3) is 0 Å². The lowest BCUT2D eigenvalue weighted by molar-refractivity contribution is 0.568. The Morgan fingerprint density at radius 2 is 2.22 bits per heavy atom. The highest BCUT2D eigenvalue weighted by Gasteiger charge is 2.12. The van der Waals surface area contributed by atoms with Crippen LogP contribution in [-0.4, -0.2) is 17.0 Å². The number of thioether (sulfide) groups is 1. The van der Waals surface area contributed by atoms with Gasteiger partial charge in [-0.1, -0.05) is 29.8 Å². The summed E-state index contributed by atoms with van der Waals surface area (Å²) in [4.78, 5) is 0. The summed E-state index contributed by atoms with van der Waals surface area (Å²) in [6, 6.07) is 4.90. The lowest BCUT2D eigenvalue weighted by atomic mass is 10.1. The SMILES string of the molecule is CCC(C)SCC(Cc1cc(F)ccc1Br)NN. The van der Waals surface area contributed by atoms with Gasteiger partial charge in [-0.25, -0.2) is 4.39 Å². The number of hydrogen-bond acceptors (Lipinski definition) is 3. The highest BCUT2D eigenvalue weighted by Crippen LogP contribution is 2.21. The van der Waals surface area contributed by atoms with Gasteiger partial charge >= 0.3 is 0 Å². The molecule has 0 fully saturated rings. The largest absolute Gasteiger partial charge is 0.271 e. The molecule has 0 aliphatic rings. The van der Waals surface area contributed by atoms with E-state index >= 15 is 0 Å². The van der Waals surface area contributed by atoms with E-state index in [1.165, 1.54) is 6.07 Å². The summed E-state index contributed by atoms with van der Waals surface area (Å²) in [7, 11) is 0. The number of nitrogens with two attached hydrogens (primary N) is 1. The van der Waals surface area contributed by atoms with Crippen molar-refractivity contribution < 1.29 is 4.39 Å². The molecule has 2 atom stereocenters. The van der Waals surface area contributed by atoms with E-state index < -0.39 is 0 Å². The molecule has 5 heteroatoms. The van der Waals surface area contributed by atoms with Crippen molar-refractivity contribution in [3.8, 4) is 0 Å². The summed E-state index contributed by atoms with van der Waals surface area (Å²) in [5, 5.41) is 0.622. The maximum atomic E-state index is 13.2. The fourth-order valence-corrected chi connectivity index (χ4v) is 2.95. The molecule has 0 saturated heterocycles. The molecule has 0 radical (unpaired) electrons. The van der Waals surface area contributed by atoms with Gasteiger partial charge in [0.05, 0.1) is 0 Å². The van der Waals surface area contributed by atoms with Crippen LogP contribution >= 0.6 is 27.7 Å². The zero-order valence-electron chi connectivity index (χ0n) is 10.7. The fraction of sp³-hybridized carbons (Fsp3) is 0.538. The van der Waals surface area contributed by atoms with Crippen LogP contribution < -0.4 is 11.3 Å². The van der Waals surface area contributed by atoms with Crippen molar-refractivity contribution in [2.75, 3.05) is 5.75 Å². The minimum Gasteiger partial charge on any atom is -0.271 e. The Hall–Kier alpha value is -0.100. The van der Waals surface area contributed by atoms with Crippen molar-refractivity contribution in [2.24, 2.45) is 5.84 Å². The standard InChI is InChI=1S/C13H20BrFN2S/c1-3-9(2)18-8-12(17-16)7-10-6-11(15)4-5-13(10)14/h4-6,9,12,17H,3,7-8,16H2,1-2H3. The third-order valence-corrected chi connectivity index (χ3v) is 5.14. The van der Waals surface area contributed by atoms with Crippen LogP contribution in [0.3, 0.4) is 0 Å². The average Bonchev–Trinajstić information content (AvgIpc) is 2.37. The van der Waals surface area contributed by atoms with Crippen LogP contribution in [0.1, 0.15) is 25.8 Å². The molecule has 0 aliphatic heterocycles. The molecule has 2 unspecified atom stereocenters. The zero-order chi connectivity index (χ0) is 13.5. The molecule has 0 spiro atoms. The van der Waals surface area contributed by atoms with Gasteiger partial charge in [0, 0.05) is 21.5 Å². The van der Waals surface area contributed by atoms with E-state index in [1.54, 1.807) is 12.1 Å². The van der Waals surface area contributed by atoms with Crippen molar-refractivity contribution >= 4 is 27.7 Å². The second-order valence-electron chi connectivity index (χ2n) is 4.36. The Labute approximate surface area is 121 Å². The van der Waals surface area contributed by atoms with Gasteiger partial charge in [-0.2, -0.15) is 11.8 Å². The summed E-state index contributed by atoms with van der Waals surface area (Å²) in [5.41, 5.74) is 3.76. The molecular weight excluding hydrogens is 315 g/mol. The number of rotatable bonds is 7. The molecule has 2 nitrogen and oxygen atoms in total. The van der Waals surface area contributed by atoms with E-state index in [9.17, 15) is 4.39 Å². The lowest BCUT2D eigenvalue weighted by Crippen LogP contribution is -2.39. The zero-order valence-corrected chi connectivity index (χ0v) is 13.2. The molecule has 1 rings (SSSR count). The summed E-state index contributed by atoms with van der Waals surface area (Å²) in [6.45, 7) is 4.38. The minimum absolute atomic E-state index is 0.155. The van der Waals surface area contributed by atoms with E-state index in [0.29, 0.717) is 5.25 Å².